The molecule has 0 radical (unpaired) electrons. The summed E-state index contributed by atoms with van der Waals surface area (Å²) < 4.78 is 7.45. The molecule has 0 aliphatic carbocycles. The molecule has 8 nitrogen and oxygen atoms in total. The van der Waals surface area contributed by atoms with E-state index in [1.807, 2.05) is 37.6 Å². The summed E-state index contributed by atoms with van der Waals surface area (Å²) in [6.07, 6.45) is 6.69. The third-order valence-corrected chi connectivity index (χ3v) is 4.25. The molecule has 0 bridgehead atoms. The molecule has 4 aromatic heterocycles. The minimum atomic E-state index is -0.296. The zero-order chi connectivity index (χ0) is 20.4. The quantitative estimate of drug-likeness (QED) is 0.563. The topological polar surface area (TPSA) is 94.8 Å². The Morgan fingerprint density at radius 1 is 1.14 bits per heavy atom. The first kappa shape index (κ1) is 18.5. The fourth-order valence-corrected chi connectivity index (χ4v) is 2.88. The molecule has 0 spiro atoms. The predicted octanol–water partition coefficient (Wildman–Crippen LogP) is 3.46. The summed E-state index contributed by atoms with van der Waals surface area (Å²) in [6.45, 7) is 3.81. The Labute approximate surface area is 167 Å². The van der Waals surface area contributed by atoms with Gasteiger partial charge in [0.15, 0.2) is 0 Å². The van der Waals surface area contributed by atoms with Gasteiger partial charge in [0, 0.05) is 42.5 Å². The van der Waals surface area contributed by atoms with E-state index in [2.05, 4.69) is 25.3 Å². The first-order valence-electron chi connectivity index (χ1n) is 9.17. The molecule has 0 aromatic carbocycles. The first-order valence-corrected chi connectivity index (χ1v) is 9.17. The van der Waals surface area contributed by atoms with Crippen molar-refractivity contribution in [2.45, 2.75) is 20.0 Å². The standard InChI is InChI=1S/C21H20N6O2/c1-13(2)29-20-8-14(6-7-23-20)21(28)26-19-9-17-15(10-24-19)4-5-16(25-17)18-11-22-12-27(18)3/h4-13H,1-3H3,(H,24,26,28). The van der Waals surface area contributed by atoms with Crippen molar-refractivity contribution in [2.24, 2.45) is 7.05 Å². The molecular formula is C21H20N6O2. The zero-order valence-corrected chi connectivity index (χ0v) is 16.3. The first-order chi connectivity index (χ1) is 14.0. The number of hydrogen-bond acceptors (Lipinski definition) is 6. The van der Waals surface area contributed by atoms with Gasteiger partial charge in [-0.25, -0.2) is 19.9 Å². The van der Waals surface area contributed by atoms with E-state index in [0.717, 1.165) is 22.3 Å². The lowest BCUT2D eigenvalue weighted by atomic mass is 10.2. The molecule has 0 fully saturated rings. The van der Waals surface area contributed by atoms with E-state index in [9.17, 15) is 4.79 Å². The van der Waals surface area contributed by atoms with E-state index in [1.54, 1.807) is 43.1 Å². The van der Waals surface area contributed by atoms with Crippen LogP contribution in [0.4, 0.5) is 5.82 Å². The van der Waals surface area contributed by atoms with E-state index in [4.69, 9.17) is 4.74 Å². The van der Waals surface area contributed by atoms with Crippen molar-refractivity contribution in [3.05, 3.63) is 60.8 Å². The van der Waals surface area contributed by atoms with E-state index in [1.165, 1.54) is 0 Å². The van der Waals surface area contributed by atoms with Gasteiger partial charge in [-0.15, -0.1) is 0 Å². The Hall–Kier alpha value is -3.81. The summed E-state index contributed by atoms with van der Waals surface area (Å²) in [5.74, 6) is 0.526. The predicted molar refractivity (Wildman–Crippen MR) is 110 cm³/mol. The minimum absolute atomic E-state index is 0.0253. The summed E-state index contributed by atoms with van der Waals surface area (Å²) in [4.78, 5) is 29.9. The summed E-state index contributed by atoms with van der Waals surface area (Å²) in [5.41, 5.74) is 2.87. The van der Waals surface area contributed by atoms with Crippen LogP contribution < -0.4 is 10.1 Å². The van der Waals surface area contributed by atoms with E-state index < -0.39 is 0 Å². The maximum Gasteiger partial charge on any atom is 0.257 e. The van der Waals surface area contributed by atoms with Gasteiger partial charge in [-0.05, 0) is 32.0 Å². The molecule has 4 heterocycles. The Kier molecular flexibility index (Phi) is 4.90. The molecule has 0 atom stereocenters. The second kappa shape index (κ2) is 7.67. The zero-order valence-electron chi connectivity index (χ0n) is 16.3. The lowest BCUT2D eigenvalue weighted by Crippen LogP contribution is -2.14. The van der Waals surface area contributed by atoms with Crippen LogP contribution in [-0.4, -0.2) is 36.5 Å². The maximum absolute atomic E-state index is 12.6. The summed E-state index contributed by atoms with van der Waals surface area (Å²) in [6, 6.07) is 8.85. The summed E-state index contributed by atoms with van der Waals surface area (Å²) in [7, 11) is 1.92. The molecule has 1 N–H and O–H groups in total. The van der Waals surface area contributed by atoms with E-state index in [-0.39, 0.29) is 12.0 Å². The minimum Gasteiger partial charge on any atom is -0.475 e. The number of rotatable bonds is 5. The van der Waals surface area contributed by atoms with Gasteiger partial charge in [0.05, 0.1) is 35.5 Å². The molecule has 0 saturated heterocycles. The number of amides is 1. The number of anilines is 1. The number of ether oxygens (including phenoxy) is 1. The highest BCUT2D eigenvalue weighted by Gasteiger charge is 2.11. The monoisotopic (exact) mass is 388 g/mol. The smallest absolute Gasteiger partial charge is 0.257 e. The van der Waals surface area contributed by atoms with Crippen molar-refractivity contribution in [1.82, 2.24) is 24.5 Å². The Balaban J connectivity index is 1.59. The second-order valence-electron chi connectivity index (χ2n) is 6.85. The fraction of sp³-hybridized carbons (Fsp3) is 0.190. The molecule has 0 saturated carbocycles. The van der Waals surface area contributed by atoms with Gasteiger partial charge < -0.3 is 14.6 Å². The summed E-state index contributed by atoms with van der Waals surface area (Å²) in [5, 5.41) is 3.69. The maximum atomic E-state index is 12.6. The summed E-state index contributed by atoms with van der Waals surface area (Å²) >= 11 is 0. The van der Waals surface area contributed by atoms with Gasteiger partial charge in [-0.2, -0.15) is 0 Å². The van der Waals surface area contributed by atoms with Crippen LogP contribution in [0.3, 0.4) is 0 Å². The largest absolute Gasteiger partial charge is 0.475 e. The highest BCUT2D eigenvalue weighted by atomic mass is 16.5. The van der Waals surface area contributed by atoms with Crippen LogP contribution >= 0.6 is 0 Å². The van der Waals surface area contributed by atoms with E-state index in [0.29, 0.717) is 17.3 Å². The van der Waals surface area contributed by atoms with Gasteiger partial charge >= 0.3 is 0 Å². The molecule has 1 amide bonds. The number of hydrogen-bond donors (Lipinski definition) is 1. The van der Waals surface area contributed by atoms with Gasteiger partial charge in [-0.3, -0.25) is 4.79 Å². The van der Waals surface area contributed by atoms with Crippen LogP contribution in [0, 0.1) is 0 Å². The van der Waals surface area contributed by atoms with Crippen LogP contribution in [0.15, 0.2) is 55.2 Å². The lowest BCUT2D eigenvalue weighted by Gasteiger charge is -2.10. The number of fused-ring (bicyclic) bond motifs is 1. The Morgan fingerprint density at radius 3 is 2.76 bits per heavy atom. The van der Waals surface area contributed by atoms with Crippen LogP contribution in [0.5, 0.6) is 5.88 Å². The van der Waals surface area contributed by atoms with Gasteiger partial charge in [0.1, 0.15) is 5.82 Å². The van der Waals surface area contributed by atoms with Crippen molar-refractivity contribution >= 4 is 22.6 Å². The van der Waals surface area contributed by atoms with Crippen LogP contribution in [0.2, 0.25) is 0 Å². The van der Waals surface area contributed by atoms with Crippen LogP contribution in [0.25, 0.3) is 22.3 Å². The molecule has 29 heavy (non-hydrogen) atoms. The van der Waals surface area contributed by atoms with Crippen molar-refractivity contribution in [2.75, 3.05) is 5.32 Å². The van der Waals surface area contributed by atoms with Crippen molar-refractivity contribution in [1.29, 1.82) is 0 Å². The van der Waals surface area contributed by atoms with Crippen LogP contribution in [0.1, 0.15) is 24.2 Å². The molecule has 0 unspecified atom stereocenters. The molecule has 146 valence electrons. The number of nitrogens with zero attached hydrogens (tertiary/aromatic N) is 5. The van der Waals surface area contributed by atoms with Gasteiger partial charge in [-0.1, -0.05) is 0 Å². The van der Waals surface area contributed by atoms with E-state index >= 15 is 0 Å². The van der Waals surface area contributed by atoms with Crippen LogP contribution in [-0.2, 0) is 7.05 Å². The van der Waals surface area contributed by atoms with Gasteiger partial charge in [0.2, 0.25) is 5.88 Å². The number of imidazole rings is 1. The average molecular weight is 388 g/mol. The molecule has 0 aliphatic heterocycles. The van der Waals surface area contributed by atoms with Crippen molar-refractivity contribution < 1.29 is 9.53 Å². The molecule has 0 aliphatic rings. The normalized spacial score (nSPS) is 11.0. The molecule has 4 rings (SSSR count). The number of aromatic nitrogens is 5. The SMILES string of the molecule is CC(C)Oc1cc(C(=O)Nc2cc3nc(-c4cncn4C)ccc3cn2)ccn1. The Bertz CT molecular complexity index is 1180. The number of aryl methyl sites for hydroxylation is 1. The molecule has 8 heteroatoms. The fourth-order valence-electron chi connectivity index (χ4n) is 2.88. The number of carbonyl (C=O) groups excluding carboxylic acids is 1. The third kappa shape index (κ3) is 4.06. The number of nitrogens with one attached hydrogen (secondary N) is 1. The van der Waals surface area contributed by atoms with Gasteiger partial charge in [0.25, 0.3) is 5.91 Å². The molecule has 4 aromatic rings. The molecular weight excluding hydrogens is 368 g/mol. The highest BCUT2D eigenvalue weighted by molar-refractivity contribution is 6.04. The lowest BCUT2D eigenvalue weighted by molar-refractivity contribution is 0.102. The Morgan fingerprint density at radius 2 is 2.00 bits per heavy atom. The number of carbonyl (C=O) groups is 1. The van der Waals surface area contributed by atoms with Crippen molar-refractivity contribution in [3.63, 3.8) is 0 Å². The average Bonchev–Trinajstić information content (AvgIpc) is 3.13. The second-order valence-corrected chi connectivity index (χ2v) is 6.85. The van der Waals surface area contributed by atoms with Crippen molar-refractivity contribution in [3.8, 4) is 17.3 Å². The number of pyridine rings is 3. The third-order valence-electron chi connectivity index (χ3n) is 4.25. The highest BCUT2D eigenvalue weighted by Crippen LogP contribution is 2.22.